The van der Waals surface area contributed by atoms with Gasteiger partial charge in [-0.2, -0.15) is 0 Å². The van der Waals surface area contributed by atoms with Crippen molar-refractivity contribution in [1.82, 2.24) is 10.4 Å². The maximum Gasteiger partial charge on any atom is 0.322 e. The van der Waals surface area contributed by atoms with Crippen LogP contribution in [0.5, 0.6) is 0 Å². The Balaban J connectivity index is 2.42. The molecule has 1 fully saturated rings. The first-order valence-electron chi connectivity index (χ1n) is 3.92. The SMILES string of the molecule is C#CCNN1CCC[C@H]1C(=O)O. The van der Waals surface area contributed by atoms with E-state index in [1.165, 1.54) is 0 Å². The smallest absolute Gasteiger partial charge is 0.322 e. The largest absolute Gasteiger partial charge is 0.480 e. The van der Waals surface area contributed by atoms with Gasteiger partial charge in [0, 0.05) is 6.54 Å². The molecule has 66 valence electrons. The van der Waals surface area contributed by atoms with E-state index < -0.39 is 12.0 Å². The van der Waals surface area contributed by atoms with E-state index in [0.29, 0.717) is 13.0 Å². The lowest BCUT2D eigenvalue weighted by atomic mass is 10.2. The number of carboxylic acid groups (broad SMARTS) is 1. The molecule has 4 nitrogen and oxygen atoms in total. The Morgan fingerprint density at radius 1 is 1.83 bits per heavy atom. The average molecular weight is 168 g/mol. The fraction of sp³-hybridized carbons (Fsp3) is 0.625. The summed E-state index contributed by atoms with van der Waals surface area (Å²) in [6.45, 7) is 1.16. The zero-order chi connectivity index (χ0) is 8.97. The molecule has 1 rings (SSSR count). The predicted molar refractivity (Wildman–Crippen MR) is 44.2 cm³/mol. The molecule has 0 aromatic heterocycles. The normalized spacial score (nSPS) is 23.8. The molecule has 1 saturated heterocycles. The summed E-state index contributed by atoms with van der Waals surface area (Å²) >= 11 is 0. The number of rotatable bonds is 3. The van der Waals surface area contributed by atoms with Crippen molar-refractivity contribution >= 4 is 5.97 Å². The van der Waals surface area contributed by atoms with Gasteiger partial charge in [0.1, 0.15) is 6.04 Å². The number of carbonyl (C=O) groups is 1. The maximum atomic E-state index is 10.6. The van der Waals surface area contributed by atoms with Crippen molar-refractivity contribution in [3.05, 3.63) is 0 Å². The molecule has 0 radical (unpaired) electrons. The molecule has 0 bridgehead atoms. The zero-order valence-electron chi connectivity index (χ0n) is 6.79. The molecule has 0 aliphatic carbocycles. The standard InChI is InChI=1S/C8H12N2O2/c1-2-5-9-10-6-3-4-7(10)8(11)12/h1,7,9H,3-6H2,(H,11,12)/t7-/m0/s1. The van der Waals surface area contributed by atoms with E-state index in [1.54, 1.807) is 5.01 Å². The molecule has 1 heterocycles. The van der Waals surface area contributed by atoms with E-state index in [-0.39, 0.29) is 0 Å². The van der Waals surface area contributed by atoms with Gasteiger partial charge in [0.25, 0.3) is 0 Å². The molecule has 0 amide bonds. The zero-order valence-corrected chi connectivity index (χ0v) is 6.79. The topological polar surface area (TPSA) is 52.6 Å². The second-order valence-electron chi connectivity index (χ2n) is 2.73. The quantitative estimate of drug-likeness (QED) is 0.567. The van der Waals surface area contributed by atoms with Gasteiger partial charge in [-0.05, 0) is 12.8 Å². The molecule has 0 unspecified atom stereocenters. The Kier molecular flexibility index (Phi) is 3.09. The van der Waals surface area contributed by atoms with Crippen LogP contribution in [-0.2, 0) is 4.79 Å². The lowest BCUT2D eigenvalue weighted by Crippen LogP contribution is -2.45. The van der Waals surface area contributed by atoms with Gasteiger partial charge in [0.15, 0.2) is 0 Å². The molecule has 0 saturated carbocycles. The molecular weight excluding hydrogens is 156 g/mol. The van der Waals surface area contributed by atoms with Crippen LogP contribution in [0.4, 0.5) is 0 Å². The summed E-state index contributed by atoms with van der Waals surface area (Å²) in [7, 11) is 0. The van der Waals surface area contributed by atoms with Crippen LogP contribution < -0.4 is 5.43 Å². The van der Waals surface area contributed by atoms with E-state index in [4.69, 9.17) is 11.5 Å². The molecule has 0 aromatic carbocycles. The van der Waals surface area contributed by atoms with E-state index in [2.05, 4.69) is 11.3 Å². The summed E-state index contributed by atoms with van der Waals surface area (Å²) in [5.74, 6) is 1.63. The van der Waals surface area contributed by atoms with Gasteiger partial charge < -0.3 is 5.11 Å². The molecule has 0 aromatic rings. The number of carboxylic acids is 1. The third-order valence-corrected chi connectivity index (χ3v) is 1.92. The first-order valence-corrected chi connectivity index (χ1v) is 3.92. The molecule has 1 atom stereocenters. The fourth-order valence-corrected chi connectivity index (χ4v) is 1.36. The number of aliphatic carboxylic acids is 1. The van der Waals surface area contributed by atoms with Gasteiger partial charge in [-0.15, -0.1) is 6.42 Å². The summed E-state index contributed by atoms with van der Waals surface area (Å²) in [6.07, 6.45) is 6.65. The first-order chi connectivity index (χ1) is 5.75. The predicted octanol–water partition coefficient (Wildman–Crippen LogP) is -0.327. The Labute approximate surface area is 71.5 Å². The number of terminal acetylenes is 1. The Bertz CT molecular complexity index is 210. The highest BCUT2D eigenvalue weighted by Crippen LogP contribution is 2.14. The summed E-state index contributed by atoms with van der Waals surface area (Å²) in [5, 5.41) is 10.4. The molecule has 1 aliphatic rings. The lowest BCUT2D eigenvalue weighted by Gasteiger charge is -2.20. The number of hydrogen-bond donors (Lipinski definition) is 2. The van der Waals surface area contributed by atoms with Gasteiger partial charge in [-0.25, -0.2) is 10.4 Å². The van der Waals surface area contributed by atoms with Crippen LogP contribution in [0.15, 0.2) is 0 Å². The monoisotopic (exact) mass is 168 g/mol. The molecular formula is C8H12N2O2. The van der Waals surface area contributed by atoms with E-state index in [9.17, 15) is 4.79 Å². The van der Waals surface area contributed by atoms with Crippen LogP contribution >= 0.6 is 0 Å². The van der Waals surface area contributed by atoms with E-state index >= 15 is 0 Å². The highest BCUT2D eigenvalue weighted by atomic mass is 16.4. The summed E-state index contributed by atoms with van der Waals surface area (Å²) in [6, 6.07) is -0.404. The van der Waals surface area contributed by atoms with Crippen LogP contribution in [0.3, 0.4) is 0 Å². The molecule has 2 N–H and O–H groups in total. The Morgan fingerprint density at radius 2 is 2.58 bits per heavy atom. The summed E-state index contributed by atoms with van der Waals surface area (Å²) in [5.41, 5.74) is 2.88. The van der Waals surface area contributed by atoms with Gasteiger partial charge in [-0.3, -0.25) is 4.79 Å². The molecule has 12 heavy (non-hydrogen) atoms. The number of hydrazine groups is 1. The number of nitrogens with one attached hydrogen (secondary N) is 1. The van der Waals surface area contributed by atoms with Gasteiger partial charge in [0.2, 0.25) is 0 Å². The lowest BCUT2D eigenvalue weighted by molar-refractivity contribution is -0.143. The van der Waals surface area contributed by atoms with Gasteiger partial charge >= 0.3 is 5.97 Å². The third kappa shape index (κ3) is 1.97. The van der Waals surface area contributed by atoms with Crippen molar-refractivity contribution < 1.29 is 9.90 Å². The first kappa shape index (κ1) is 9.04. The Hall–Kier alpha value is -1.05. The minimum absolute atomic E-state index is 0.393. The van der Waals surface area contributed by atoms with E-state index in [1.807, 2.05) is 0 Å². The van der Waals surface area contributed by atoms with Crippen LogP contribution in [0.1, 0.15) is 12.8 Å². The molecule has 1 aliphatic heterocycles. The van der Waals surface area contributed by atoms with Crippen molar-refractivity contribution in [3.63, 3.8) is 0 Å². The highest BCUT2D eigenvalue weighted by Gasteiger charge is 2.29. The molecule has 4 heteroatoms. The number of hydrogen-bond acceptors (Lipinski definition) is 3. The second-order valence-corrected chi connectivity index (χ2v) is 2.73. The van der Waals surface area contributed by atoms with Crippen molar-refractivity contribution in [2.75, 3.05) is 13.1 Å². The minimum atomic E-state index is -0.781. The van der Waals surface area contributed by atoms with Crippen molar-refractivity contribution in [3.8, 4) is 12.3 Å². The number of nitrogens with zero attached hydrogens (tertiary/aromatic N) is 1. The van der Waals surface area contributed by atoms with Crippen molar-refractivity contribution in [1.29, 1.82) is 0 Å². The molecule has 0 spiro atoms. The van der Waals surface area contributed by atoms with Gasteiger partial charge in [-0.1, -0.05) is 5.92 Å². The summed E-state index contributed by atoms with van der Waals surface area (Å²) in [4.78, 5) is 10.6. The van der Waals surface area contributed by atoms with Crippen LogP contribution in [-0.4, -0.2) is 35.2 Å². The van der Waals surface area contributed by atoms with Crippen molar-refractivity contribution in [2.45, 2.75) is 18.9 Å². The summed E-state index contributed by atoms with van der Waals surface area (Å²) < 4.78 is 0. The van der Waals surface area contributed by atoms with Crippen LogP contribution in [0.2, 0.25) is 0 Å². The van der Waals surface area contributed by atoms with Crippen LogP contribution in [0, 0.1) is 12.3 Å². The van der Waals surface area contributed by atoms with Crippen molar-refractivity contribution in [2.24, 2.45) is 0 Å². The highest BCUT2D eigenvalue weighted by molar-refractivity contribution is 5.73. The van der Waals surface area contributed by atoms with Crippen LogP contribution in [0.25, 0.3) is 0 Å². The average Bonchev–Trinajstić information content (AvgIpc) is 2.48. The second kappa shape index (κ2) is 4.10. The maximum absolute atomic E-state index is 10.6. The fourth-order valence-electron chi connectivity index (χ4n) is 1.36. The van der Waals surface area contributed by atoms with Gasteiger partial charge in [0.05, 0.1) is 6.54 Å². The van der Waals surface area contributed by atoms with E-state index in [0.717, 1.165) is 13.0 Å². The Morgan fingerprint density at radius 3 is 3.17 bits per heavy atom. The minimum Gasteiger partial charge on any atom is -0.480 e. The third-order valence-electron chi connectivity index (χ3n) is 1.92.